The molecule has 8 heteroatoms. The lowest BCUT2D eigenvalue weighted by atomic mass is 9.79. The lowest BCUT2D eigenvalue weighted by molar-refractivity contribution is -0.102. The molecule has 2 atom stereocenters. The normalized spacial score (nSPS) is 20.4. The smallest absolute Gasteiger partial charge is 0.411 e. The first-order valence-electron chi connectivity index (χ1n) is 12.9. The van der Waals surface area contributed by atoms with E-state index in [-0.39, 0.29) is 29.1 Å². The van der Waals surface area contributed by atoms with Gasteiger partial charge in [-0.15, -0.1) is 0 Å². The van der Waals surface area contributed by atoms with Crippen LogP contribution >= 0.6 is 0 Å². The third-order valence-electron chi connectivity index (χ3n) is 7.44. The van der Waals surface area contributed by atoms with Crippen molar-refractivity contribution in [2.75, 3.05) is 6.54 Å². The molecule has 1 amide bonds. The molecule has 5 rings (SSSR count). The Balaban J connectivity index is 0.00000336. The molecule has 1 aliphatic heterocycles. The van der Waals surface area contributed by atoms with Crippen LogP contribution in [0.15, 0.2) is 71.7 Å². The van der Waals surface area contributed by atoms with Crippen LogP contribution in [0.2, 0.25) is 0 Å². The number of carbonyl (C=O) groups excluding carboxylic acids is 1. The van der Waals surface area contributed by atoms with Crippen LogP contribution in [-0.2, 0) is 10.3 Å². The molecule has 3 N–H and O–H groups in total. The lowest BCUT2D eigenvalue weighted by Crippen LogP contribution is -2.51. The fourth-order valence-electron chi connectivity index (χ4n) is 5.42. The van der Waals surface area contributed by atoms with E-state index in [1.165, 1.54) is 6.07 Å². The van der Waals surface area contributed by atoms with Gasteiger partial charge in [0.15, 0.2) is 0 Å². The number of carbonyl (C=O) groups is 1. The van der Waals surface area contributed by atoms with Crippen LogP contribution in [0.3, 0.4) is 0 Å². The zero-order chi connectivity index (χ0) is 26.4. The zero-order valence-corrected chi connectivity index (χ0v) is 22.0. The Hall–Kier alpha value is -3.49. The van der Waals surface area contributed by atoms with Gasteiger partial charge in [-0.1, -0.05) is 42.5 Å². The maximum Gasteiger partial charge on any atom is 0.411 e. The Bertz CT molecular complexity index is 1360. The minimum Gasteiger partial charge on any atom is -0.438 e. The molecule has 2 aliphatic rings. The number of pyridine rings is 1. The number of aromatic nitrogens is 1. The number of ether oxygens (including phenoxy) is 1. The second kappa shape index (κ2) is 10.3. The van der Waals surface area contributed by atoms with Crippen molar-refractivity contribution < 1.29 is 24.5 Å². The maximum absolute atomic E-state index is 14.8. The van der Waals surface area contributed by atoms with Crippen LogP contribution < -0.4 is 5.56 Å². The summed E-state index contributed by atoms with van der Waals surface area (Å²) < 4.78 is 22.6. The van der Waals surface area contributed by atoms with E-state index in [0.717, 1.165) is 29.5 Å². The number of amides is 1. The minimum absolute atomic E-state index is 0. The van der Waals surface area contributed by atoms with Gasteiger partial charge in [0.2, 0.25) is 0 Å². The highest BCUT2D eigenvalue weighted by atomic mass is 19.1. The molecule has 202 valence electrons. The quantitative estimate of drug-likeness (QED) is 0.465. The van der Waals surface area contributed by atoms with Crippen LogP contribution in [0.5, 0.6) is 0 Å². The summed E-state index contributed by atoms with van der Waals surface area (Å²) in [5.41, 5.74) is 0.602. The molecule has 0 bridgehead atoms. The molecule has 38 heavy (non-hydrogen) atoms. The summed E-state index contributed by atoms with van der Waals surface area (Å²) >= 11 is 0. The van der Waals surface area contributed by atoms with E-state index in [2.05, 4.69) is 0 Å². The average Bonchev–Trinajstić information content (AvgIpc) is 3.68. The van der Waals surface area contributed by atoms with Gasteiger partial charge in [0.25, 0.3) is 5.56 Å². The summed E-state index contributed by atoms with van der Waals surface area (Å²) in [4.78, 5) is 27.4. The first-order chi connectivity index (χ1) is 17.6. The van der Waals surface area contributed by atoms with Gasteiger partial charge in [0, 0.05) is 43.3 Å². The average molecular weight is 523 g/mol. The number of aliphatic hydroxyl groups is 1. The molecule has 2 aromatic carbocycles. The van der Waals surface area contributed by atoms with Crippen molar-refractivity contribution >= 4 is 6.09 Å². The van der Waals surface area contributed by atoms with E-state index in [4.69, 9.17) is 4.74 Å². The van der Waals surface area contributed by atoms with Gasteiger partial charge in [0.05, 0.1) is 11.6 Å². The van der Waals surface area contributed by atoms with Crippen LogP contribution in [0, 0.1) is 5.82 Å². The molecule has 7 nitrogen and oxygen atoms in total. The third kappa shape index (κ3) is 5.51. The zero-order valence-electron chi connectivity index (χ0n) is 22.0. The molecule has 0 radical (unpaired) electrons. The first-order valence-corrected chi connectivity index (χ1v) is 12.9. The standard InChI is InChI=1S/C30H33FN2O4.H2O/c1-20(21-8-10-22(11-9-21)23-14-16-33(24-12-13-24)27(34)18-23)32-17-15-30(37-28(32)35,19-29(2,3)36)25-6-4-5-7-26(25)31;/h4-11,14,16,18,20,24,36H,12-13,15,17,19H2,1-3H3;1H2/t20-,30-;/m0./s1. The number of nitrogens with zero attached hydrogens (tertiary/aromatic N) is 2. The summed E-state index contributed by atoms with van der Waals surface area (Å²) in [5, 5.41) is 10.6. The molecule has 1 saturated heterocycles. The monoisotopic (exact) mass is 522 g/mol. The van der Waals surface area contributed by atoms with Crippen molar-refractivity contribution in [3.05, 3.63) is 94.2 Å². The largest absolute Gasteiger partial charge is 0.438 e. The Labute approximate surface area is 221 Å². The SMILES string of the molecule is C[C@@H](c1ccc(-c2ccn(C3CC3)c(=O)c2)cc1)N1CC[C@](CC(C)(C)O)(c2ccccc2F)OC1=O.O. The van der Waals surface area contributed by atoms with Crippen LogP contribution in [-0.4, -0.2) is 38.3 Å². The van der Waals surface area contributed by atoms with Gasteiger partial charge >= 0.3 is 6.09 Å². The van der Waals surface area contributed by atoms with E-state index in [0.29, 0.717) is 19.0 Å². The summed E-state index contributed by atoms with van der Waals surface area (Å²) in [6, 6.07) is 17.8. The number of cyclic esters (lactones) is 1. The Morgan fingerprint density at radius 3 is 2.34 bits per heavy atom. The predicted molar refractivity (Wildman–Crippen MR) is 143 cm³/mol. The van der Waals surface area contributed by atoms with Crippen molar-refractivity contribution in [3.63, 3.8) is 0 Å². The number of benzene rings is 2. The molecular weight excluding hydrogens is 487 g/mol. The third-order valence-corrected chi connectivity index (χ3v) is 7.44. The van der Waals surface area contributed by atoms with Crippen molar-refractivity contribution in [1.82, 2.24) is 9.47 Å². The van der Waals surface area contributed by atoms with E-state index in [9.17, 15) is 19.1 Å². The topological polar surface area (TPSA) is 103 Å². The molecule has 1 saturated carbocycles. The Morgan fingerprint density at radius 1 is 1.08 bits per heavy atom. The van der Waals surface area contributed by atoms with E-state index in [1.807, 2.05) is 43.5 Å². The second-order valence-electron chi connectivity index (χ2n) is 11.0. The number of rotatable bonds is 7. The van der Waals surface area contributed by atoms with Gasteiger partial charge in [-0.3, -0.25) is 4.79 Å². The van der Waals surface area contributed by atoms with Gasteiger partial charge in [-0.05, 0) is 62.4 Å². The molecule has 0 spiro atoms. The van der Waals surface area contributed by atoms with Crippen LogP contribution in [0.25, 0.3) is 11.1 Å². The molecule has 1 aromatic heterocycles. The predicted octanol–water partition coefficient (Wildman–Crippen LogP) is 5.12. The van der Waals surface area contributed by atoms with Gasteiger partial charge in [-0.25, -0.2) is 9.18 Å². The van der Waals surface area contributed by atoms with E-state index >= 15 is 0 Å². The number of hydrogen-bond acceptors (Lipinski definition) is 4. The fraction of sp³-hybridized carbons (Fsp3) is 0.400. The van der Waals surface area contributed by atoms with Crippen molar-refractivity contribution in [2.24, 2.45) is 0 Å². The van der Waals surface area contributed by atoms with E-state index in [1.54, 1.807) is 47.6 Å². The Kier molecular flexibility index (Phi) is 7.50. The highest BCUT2D eigenvalue weighted by Crippen LogP contribution is 2.43. The molecule has 2 heterocycles. The molecule has 3 aromatic rings. The molecule has 0 unspecified atom stereocenters. The van der Waals surface area contributed by atoms with Crippen molar-refractivity contribution in [2.45, 2.75) is 69.7 Å². The minimum atomic E-state index is -1.25. The highest BCUT2D eigenvalue weighted by Gasteiger charge is 2.47. The molecular formula is C30H35FN2O5. The lowest BCUT2D eigenvalue weighted by Gasteiger charge is -2.45. The van der Waals surface area contributed by atoms with E-state index < -0.39 is 23.1 Å². The fourth-order valence-corrected chi connectivity index (χ4v) is 5.42. The Morgan fingerprint density at radius 2 is 1.76 bits per heavy atom. The highest BCUT2D eigenvalue weighted by molar-refractivity contribution is 5.70. The van der Waals surface area contributed by atoms with Gasteiger partial charge in [-0.2, -0.15) is 0 Å². The van der Waals surface area contributed by atoms with Gasteiger partial charge in [0.1, 0.15) is 11.4 Å². The first kappa shape index (κ1) is 27.5. The number of halogens is 1. The summed E-state index contributed by atoms with van der Waals surface area (Å²) in [7, 11) is 0. The summed E-state index contributed by atoms with van der Waals surface area (Å²) in [6.07, 6.45) is 3.88. The van der Waals surface area contributed by atoms with Crippen LogP contribution in [0.4, 0.5) is 9.18 Å². The number of hydrogen-bond donors (Lipinski definition) is 1. The maximum atomic E-state index is 14.8. The molecule has 1 aliphatic carbocycles. The summed E-state index contributed by atoms with van der Waals surface area (Å²) in [5.74, 6) is -0.457. The van der Waals surface area contributed by atoms with Crippen molar-refractivity contribution in [1.29, 1.82) is 0 Å². The second-order valence-corrected chi connectivity index (χ2v) is 11.0. The summed E-state index contributed by atoms with van der Waals surface area (Å²) in [6.45, 7) is 5.55. The van der Waals surface area contributed by atoms with Crippen LogP contribution in [0.1, 0.15) is 69.7 Å². The molecule has 2 fully saturated rings. The van der Waals surface area contributed by atoms with Crippen molar-refractivity contribution in [3.8, 4) is 11.1 Å². The van der Waals surface area contributed by atoms with Gasteiger partial charge < -0.3 is 24.8 Å².